The summed E-state index contributed by atoms with van der Waals surface area (Å²) in [6.45, 7) is 3.02. The second-order valence-electron chi connectivity index (χ2n) is 6.66. The molecule has 0 bridgehead atoms. The minimum absolute atomic E-state index is 0.359. The summed E-state index contributed by atoms with van der Waals surface area (Å²) in [6, 6.07) is 13.5. The monoisotopic (exact) mass is 365 g/mol. The largest absolute Gasteiger partial charge is 0.355 e. The molecule has 8 heteroatoms. The van der Waals surface area contributed by atoms with E-state index in [0.717, 1.165) is 37.3 Å². The van der Waals surface area contributed by atoms with Crippen molar-refractivity contribution < 1.29 is 14.0 Å². The van der Waals surface area contributed by atoms with Gasteiger partial charge >= 0.3 is 0 Å². The van der Waals surface area contributed by atoms with Crippen LogP contribution >= 0.6 is 0 Å². The van der Waals surface area contributed by atoms with Crippen molar-refractivity contribution in [2.75, 3.05) is 31.2 Å². The lowest BCUT2D eigenvalue weighted by Crippen LogP contribution is -2.45. The van der Waals surface area contributed by atoms with Gasteiger partial charge in [-0.15, -0.1) is 10.2 Å². The molecule has 0 aliphatic carbocycles. The molecule has 0 N–H and O–H groups in total. The maximum absolute atomic E-state index is 5.77. The highest BCUT2D eigenvalue weighted by Crippen LogP contribution is 2.32. The Morgan fingerprint density at radius 2 is 1.67 bits per heavy atom. The summed E-state index contributed by atoms with van der Waals surface area (Å²) < 4.78 is 16.9. The zero-order valence-electron chi connectivity index (χ0n) is 14.7. The van der Waals surface area contributed by atoms with E-state index in [1.807, 2.05) is 42.5 Å². The van der Waals surface area contributed by atoms with Crippen LogP contribution in [0.25, 0.3) is 23.0 Å². The minimum Gasteiger partial charge on any atom is -0.355 e. The standard InChI is InChI=1S/C19H19N5O3/c1-2-4-14(5-3-1)17-20-18(27-23-17)15-6-7-16(22-21-15)24-10-8-19(9-11-24)25-12-13-26-19/h1-7H,8-13H2. The van der Waals surface area contributed by atoms with Gasteiger partial charge in [0, 0.05) is 31.5 Å². The van der Waals surface area contributed by atoms with Crippen molar-refractivity contribution >= 4 is 5.82 Å². The molecule has 2 aliphatic rings. The first-order valence-electron chi connectivity index (χ1n) is 9.07. The van der Waals surface area contributed by atoms with Crippen LogP contribution in [0.3, 0.4) is 0 Å². The van der Waals surface area contributed by atoms with Crippen LogP contribution in [-0.4, -0.2) is 52.4 Å². The Kier molecular flexibility index (Phi) is 4.06. The second-order valence-corrected chi connectivity index (χ2v) is 6.66. The van der Waals surface area contributed by atoms with Gasteiger partial charge in [0.15, 0.2) is 17.3 Å². The van der Waals surface area contributed by atoms with E-state index in [4.69, 9.17) is 14.0 Å². The van der Waals surface area contributed by atoms with E-state index >= 15 is 0 Å². The van der Waals surface area contributed by atoms with E-state index in [1.54, 1.807) is 0 Å². The van der Waals surface area contributed by atoms with Crippen molar-refractivity contribution in [1.29, 1.82) is 0 Å². The molecule has 4 heterocycles. The van der Waals surface area contributed by atoms with Gasteiger partial charge in [-0.05, 0) is 12.1 Å². The van der Waals surface area contributed by atoms with Crippen molar-refractivity contribution in [3.8, 4) is 23.0 Å². The van der Waals surface area contributed by atoms with Gasteiger partial charge in [0.05, 0.1) is 13.2 Å². The first-order valence-corrected chi connectivity index (χ1v) is 9.07. The predicted molar refractivity (Wildman–Crippen MR) is 96.8 cm³/mol. The lowest BCUT2D eigenvalue weighted by molar-refractivity contribution is -0.169. The number of anilines is 1. The summed E-state index contributed by atoms with van der Waals surface area (Å²) in [7, 11) is 0. The average Bonchev–Trinajstić information content (AvgIpc) is 3.40. The molecule has 2 aliphatic heterocycles. The number of rotatable bonds is 3. The molecule has 1 aromatic carbocycles. The van der Waals surface area contributed by atoms with Crippen LogP contribution in [0, 0.1) is 0 Å². The van der Waals surface area contributed by atoms with Gasteiger partial charge in [0.25, 0.3) is 5.89 Å². The molecular formula is C19H19N5O3. The number of hydrogen-bond acceptors (Lipinski definition) is 8. The Hall–Kier alpha value is -2.84. The lowest BCUT2D eigenvalue weighted by atomic mass is 10.0. The van der Waals surface area contributed by atoms with Crippen molar-refractivity contribution in [2.24, 2.45) is 0 Å². The van der Waals surface area contributed by atoms with E-state index in [1.165, 1.54) is 0 Å². The quantitative estimate of drug-likeness (QED) is 0.700. The fourth-order valence-corrected chi connectivity index (χ4v) is 3.50. The molecule has 0 radical (unpaired) electrons. The summed E-state index contributed by atoms with van der Waals surface area (Å²) >= 11 is 0. The van der Waals surface area contributed by atoms with Crippen LogP contribution in [-0.2, 0) is 9.47 Å². The average molecular weight is 365 g/mol. The SMILES string of the molecule is c1ccc(-c2noc(-c3ccc(N4CCC5(CC4)OCCO5)nn3)n2)cc1. The number of aromatic nitrogens is 4. The molecule has 0 atom stereocenters. The maximum Gasteiger partial charge on any atom is 0.278 e. The van der Waals surface area contributed by atoms with Gasteiger partial charge in [-0.25, -0.2) is 0 Å². The number of nitrogens with zero attached hydrogens (tertiary/aromatic N) is 5. The van der Waals surface area contributed by atoms with Gasteiger partial charge in [-0.1, -0.05) is 35.5 Å². The number of hydrogen-bond donors (Lipinski definition) is 0. The van der Waals surface area contributed by atoms with Crippen molar-refractivity contribution in [3.63, 3.8) is 0 Å². The fourth-order valence-electron chi connectivity index (χ4n) is 3.50. The van der Waals surface area contributed by atoms with Gasteiger partial charge in [0.1, 0.15) is 0 Å². The first kappa shape index (κ1) is 16.3. The summed E-state index contributed by atoms with van der Waals surface area (Å²) in [5.74, 6) is 1.34. The zero-order valence-corrected chi connectivity index (χ0v) is 14.7. The van der Waals surface area contributed by atoms with Crippen LogP contribution in [0.5, 0.6) is 0 Å². The molecule has 5 rings (SSSR count). The molecule has 1 spiro atoms. The van der Waals surface area contributed by atoms with Crippen LogP contribution in [0.2, 0.25) is 0 Å². The Balaban J connectivity index is 1.29. The van der Waals surface area contributed by atoms with Gasteiger partial charge in [-0.3, -0.25) is 0 Å². The van der Waals surface area contributed by atoms with Crippen molar-refractivity contribution in [1.82, 2.24) is 20.3 Å². The lowest BCUT2D eigenvalue weighted by Gasteiger charge is -2.37. The zero-order chi connectivity index (χ0) is 18.1. The third-order valence-electron chi connectivity index (χ3n) is 4.99. The van der Waals surface area contributed by atoms with Crippen LogP contribution < -0.4 is 4.90 Å². The third kappa shape index (κ3) is 3.17. The van der Waals surface area contributed by atoms with Crippen LogP contribution in [0.4, 0.5) is 5.82 Å². The second kappa shape index (κ2) is 6.71. The summed E-state index contributed by atoms with van der Waals surface area (Å²) in [5, 5.41) is 12.6. The molecule has 3 aromatic rings. The molecule has 2 fully saturated rings. The smallest absolute Gasteiger partial charge is 0.278 e. The molecule has 0 unspecified atom stereocenters. The van der Waals surface area contributed by atoms with Crippen molar-refractivity contribution in [3.05, 3.63) is 42.5 Å². The molecule has 0 amide bonds. The normalized spacial score (nSPS) is 18.9. The molecule has 0 saturated carbocycles. The molecule has 2 aromatic heterocycles. The number of piperidine rings is 1. The molecule has 138 valence electrons. The summed E-state index contributed by atoms with van der Waals surface area (Å²) in [5.41, 5.74) is 1.46. The van der Waals surface area contributed by atoms with Gasteiger partial charge < -0.3 is 18.9 Å². The molecule has 27 heavy (non-hydrogen) atoms. The van der Waals surface area contributed by atoms with Crippen molar-refractivity contribution in [2.45, 2.75) is 18.6 Å². The predicted octanol–water partition coefficient (Wildman–Crippen LogP) is 2.54. The topological polar surface area (TPSA) is 86.4 Å². The van der Waals surface area contributed by atoms with E-state index < -0.39 is 0 Å². The Bertz CT molecular complexity index is 897. The number of ether oxygens (including phenoxy) is 2. The highest BCUT2D eigenvalue weighted by molar-refractivity contribution is 5.58. The highest BCUT2D eigenvalue weighted by Gasteiger charge is 2.40. The van der Waals surface area contributed by atoms with E-state index in [2.05, 4.69) is 25.2 Å². The Morgan fingerprint density at radius 1 is 0.889 bits per heavy atom. The Labute approximate surface area is 156 Å². The van der Waals surface area contributed by atoms with Crippen LogP contribution in [0.1, 0.15) is 12.8 Å². The first-order chi connectivity index (χ1) is 13.3. The van der Waals surface area contributed by atoms with Gasteiger partial charge in [-0.2, -0.15) is 4.98 Å². The van der Waals surface area contributed by atoms with E-state index in [0.29, 0.717) is 30.6 Å². The fraction of sp³-hybridized carbons (Fsp3) is 0.368. The summed E-state index contributed by atoms with van der Waals surface area (Å²) in [4.78, 5) is 6.60. The third-order valence-corrected chi connectivity index (χ3v) is 4.99. The van der Waals surface area contributed by atoms with Gasteiger partial charge in [0.2, 0.25) is 5.82 Å². The summed E-state index contributed by atoms with van der Waals surface area (Å²) in [6.07, 6.45) is 1.67. The molecule has 2 saturated heterocycles. The Morgan fingerprint density at radius 3 is 2.37 bits per heavy atom. The van der Waals surface area contributed by atoms with Crippen LogP contribution in [0.15, 0.2) is 47.0 Å². The maximum atomic E-state index is 5.77. The molecule has 8 nitrogen and oxygen atoms in total. The van der Waals surface area contributed by atoms with E-state index in [-0.39, 0.29) is 5.79 Å². The molecular weight excluding hydrogens is 346 g/mol. The minimum atomic E-state index is -0.387. The highest BCUT2D eigenvalue weighted by atomic mass is 16.7. The van der Waals surface area contributed by atoms with E-state index in [9.17, 15) is 0 Å². The number of benzene rings is 1.